The fraction of sp³-hybridized carbons (Fsp3) is 0. The number of phenols is 1. The lowest BCUT2D eigenvalue weighted by Gasteiger charge is -2.16. The van der Waals surface area contributed by atoms with Crippen molar-refractivity contribution in [2.45, 2.75) is 0 Å². The van der Waals surface area contributed by atoms with Crippen molar-refractivity contribution in [3.63, 3.8) is 0 Å². The minimum absolute atomic E-state index is 0.0363. The first kappa shape index (κ1) is 18.3. The van der Waals surface area contributed by atoms with Crippen molar-refractivity contribution in [3.05, 3.63) is 53.4 Å². The fourth-order valence-electron chi connectivity index (χ4n) is 3.24. The van der Waals surface area contributed by atoms with Crippen molar-refractivity contribution >= 4 is 67.1 Å². The van der Waals surface area contributed by atoms with Crippen LogP contribution in [-0.2, 0) is 4.79 Å². The van der Waals surface area contributed by atoms with Gasteiger partial charge in [-0.25, -0.2) is 4.79 Å². The molecule has 10 heteroatoms. The van der Waals surface area contributed by atoms with Crippen molar-refractivity contribution in [2.24, 2.45) is 0 Å². The number of hydrogen-bond acceptors (Lipinski definition) is 8. The van der Waals surface area contributed by atoms with E-state index in [2.05, 4.69) is 9.59 Å². The number of carboxylic acids is 1. The molecule has 0 radical (unpaired) electrons. The van der Waals surface area contributed by atoms with Gasteiger partial charge in [0.2, 0.25) is 6.41 Å². The highest BCUT2D eigenvalue weighted by molar-refractivity contribution is 7.15. The maximum atomic E-state index is 12.1. The topological polar surface area (TPSA) is 117 Å². The molecule has 5 rings (SSSR count). The summed E-state index contributed by atoms with van der Waals surface area (Å²) in [6, 6.07) is 11.7. The first-order valence-corrected chi connectivity index (χ1v) is 10.3. The maximum absolute atomic E-state index is 12.1. The summed E-state index contributed by atoms with van der Waals surface area (Å²) in [6.07, 6.45) is 0.563. The zero-order valence-corrected chi connectivity index (χ0v) is 16.6. The summed E-state index contributed by atoms with van der Waals surface area (Å²) in [5.74, 6) is -0.948. The lowest BCUT2D eigenvalue weighted by atomic mass is 10.1. The fourth-order valence-corrected chi connectivity index (χ4v) is 4.82. The molecule has 2 N–H and O–H groups in total. The molecule has 1 amide bonds. The molecule has 0 atom stereocenters. The Morgan fingerprint density at radius 2 is 2.07 bits per heavy atom. The van der Waals surface area contributed by atoms with Gasteiger partial charge in [-0.15, -0.1) is 16.4 Å². The molecule has 3 heterocycles. The van der Waals surface area contributed by atoms with E-state index in [4.69, 9.17) is 4.42 Å². The number of hydrogen-bond donors (Lipinski definition) is 2. The summed E-state index contributed by atoms with van der Waals surface area (Å²) in [6.45, 7) is 0. The number of furan rings is 1. The second-order valence-corrected chi connectivity index (χ2v) is 7.99. The van der Waals surface area contributed by atoms with E-state index < -0.39 is 5.97 Å². The van der Waals surface area contributed by atoms with Crippen LogP contribution in [0.3, 0.4) is 0 Å². The van der Waals surface area contributed by atoms with E-state index >= 15 is 0 Å². The van der Waals surface area contributed by atoms with Crippen molar-refractivity contribution in [1.29, 1.82) is 0 Å². The van der Waals surface area contributed by atoms with E-state index in [0.29, 0.717) is 28.6 Å². The quantitative estimate of drug-likeness (QED) is 0.377. The van der Waals surface area contributed by atoms with E-state index in [9.17, 15) is 19.8 Å². The summed E-state index contributed by atoms with van der Waals surface area (Å²) < 4.78 is 10.5. The molecule has 0 fully saturated rings. The first-order chi connectivity index (χ1) is 14.6. The number of nitrogens with zero attached hydrogens (tertiary/aromatic N) is 3. The van der Waals surface area contributed by atoms with E-state index in [-0.39, 0.29) is 27.7 Å². The number of fused-ring (bicyclic) bond motifs is 2. The highest BCUT2D eigenvalue weighted by Crippen LogP contribution is 2.43. The molecule has 5 aromatic rings. The normalized spacial score (nSPS) is 11.2. The van der Waals surface area contributed by atoms with Crippen LogP contribution in [0.25, 0.3) is 32.5 Å². The van der Waals surface area contributed by atoms with Crippen LogP contribution in [0.1, 0.15) is 10.4 Å². The van der Waals surface area contributed by atoms with Crippen LogP contribution in [0.2, 0.25) is 0 Å². The van der Waals surface area contributed by atoms with Gasteiger partial charge >= 0.3 is 5.97 Å². The molecule has 148 valence electrons. The molecule has 3 aromatic heterocycles. The van der Waals surface area contributed by atoms with Crippen molar-refractivity contribution < 1.29 is 24.2 Å². The zero-order valence-electron chi connectivity index (χ0n) is 15.0. The molecular weight excluding hydrogens is 426 g/mol. The standard InChI is InChI=1S/C20H11N3O5S2/c24-9-23(11-4-5-16-13(7-11)21-22-30-16)19-17(20(26)27)12(8-29-19)15-6-10-2-1-3-14(25)18(10)28-15/h1-9,25H,(H,26,27). The van der Waals surface area contributed by atoms with Crippen molar-refractivity contribution in [2.75, 3.05) is 4.90 Å². The van der Waals surface area contributed by atoms with Crippen LogP contribution in [-0.4, -0.2) is 32.2 Å². The number of carbonyl (C=O) groups is 2. The van der Waals surface area contributed by atoms with Gasteiger partial charge in [-0.1, -0.05) is 16.6 Å². The van der Waals surface area contributed by atoms with Crippen LogP contribution in [0.4, 0.5) is 10.7 Å². The van der Waals surface area contributed by atoms with Crippen LogP contribution in [0.15, 0.2) is 52.3 Å². The number of benzene rings is 2. The molecule has 0 spiro atoms. The van der Waals surface area contributed by atoms with Gasteiger partial charge in [0.25, 0.3) is 0 Å². The second kappa shape index (κ2) is 6.94. The van der Waals surface area contributed by atoms with Crippen LogP contribution in [0.5, 0.6) is 5.75 Å². The van der Waals surface area contributed by atoms with Crippen LogP contribution in [0, 0.1) is 0 Å². The molecule has 0 saturated carbocycles. The Morgan fingerprint density at radius 3 is 2.83 bits per heavy atom. The molecule has 0 aliphatic carbocycles. The third-order valence-electron chi connectivity index (χ3n) is 4.61. The number of carbonyl (C=O) groups excluding carboxylic acids is 1. The number of carboxylic acid groups (broad SMARTS) is 1. The molecule has 0 aliphatic rings. The highest BCUT2D eigenvalue weighted by atomic mass is 32.1. The van der Waals surface area contributed by atoms with E-state index in [0.717, 1.165) is 16.0 Å². The molecule has 0 unspecified atom stereocenters. The van der Waals surface area contributed by atoms with Gasteiger partial charge in [0, 0.05) is 16.3 Å². The number of anilines is 2. The third-order valence-corrected chi connectivity index (χ3v) is 6.29. The molecule has 30 heavy (non-hydrogen) atoms. The highest BCUT2D eigenvalue weighted by Gasteiger charge is 2.26. The first-order valence-electron chi connectivity index (χ1n) is 8.60. The number of rotatable bonds is 5. The second-order valence-electron chi connectivity index (χ2n) is 6.34. The zero-order chi connectivity index (χ0) is 20.8. The summed E-state index contributed by atoms with van der Waals surface area (Å²) >= 11 is 2.34. The summed E-state index contributed by atoms with van der Waals surface area (Å²) in [7, 11) is 0. The Bertz CT molecular complexity index is 1440. The Balaban J connectivity index is 1.66. The SMILES string of the molecule is O=CN(c1ccc2snnc2c1)c1scc(-c2cc3cccc(O)c3o2)c1C(=O)O. The summed E-state index contributed by atoms with van der Waals surface area (Å²) in [5.41, 5.74) is 1.61. The van der Waals surface area contributed by atoms with Crippen LogP contribution >= 0.6 is 22.9 Å². The number of para-hydroxylation sites is 1. The van der Waals surface area contributed by atoms with E-state index in [1.807, 2.05) is 0 Å². The predicted molar refractivity (Wildman–Crippen MR) is 114 cm³/mol. The maximum Gasteiger partial charge on any atom is 0.339 e. The third kappa shape index (κ3) is 2.81. The number of aromatic nitrogens is 2. The van der Waals surface area contributed by atoms with Crippen molar-refractivity contribution in [3.8, 4) is 17.1 Å². The average molecular weight is 437 g/mol. The lowest BCUT2D eigenvalue weighted by Crippen LogP contribution is -2.16. The Morgan fingerprint density at radius 1 is 1.20 bits per heavy atom. The lowest BCUT2D eigenvalue weighted by molar-refractivity contribution is -0.106. The number of amides is 1. The van der Waals surface area contributed by atoms with Gasteiger partial charge in [-0.2, -0.15) is 0 Å². The Kier molecular flexibility index (Phi) is 4.23. The molecule has 8 nitrogen and oxygen atoms in total. The number of thiophene rings is 1. The van der Waals surface area contributed by atoms with Gasteiger partial charge in [0.05, 0.1) is 10.4 Å². The largest absolute Gasteiger partial charge is 0.504 e. The van der Waals surface area contributed by atoms with Gasteiger partial charge in [-0.3, -0.25) is 9.69 Å². The van der Waals surface area contributed by atoms with E-state index in [1.165, 1.54) is 22.5 Å². The summed E-state index contributed by atoms with van der Waals surface area (Å²) in [5, 5.41) is 26.4. The van der Waals surface area contributed by atoms with Crippen molar-refractivity contribution in [1.82, 2.24) is 9.59 Å². The van der Waals surface area contributed by atoms with Gasteiger partial charge in [0.1, 0.15) is 21.8 Å². The monoisotopic (exact) mass is 437 g/mol. The predicted octanol–water partition coefficient (Wildman–Crippen LogP) is 4.86. The number of aromatic hydroxyl groups is 1. The number of aromatic carboxylic acids is 1. The Hall–Kier alpha value is -3.76. The van der Waals surface area contributed by atoms with Gasteiger partial charge < -0.3 is 14.6 Å². The number of phenolic OH excluding ortho intramolecular Hbond substituents is 1. The van der Waals surface area contributed by atoms with E-state index in [1.54, 1.807) is 41.8 Å². The minimum atomic E-state index is -1.20. The molecule has 2 aromatic carbocycles. The minimum Gasteiger partial charge on any atom is -0.504 e. The Labute approximate surface area is 176 Å². The average Bonchev–Trinajstić information content (AvgIpc) is 3.46. The summed E-state index contributed by atoms with van der Waals surface area (Å²) in [4.78, 5) is 25.3. The van der Waals surface area contributed by atoms with Gasteiger partial charge in [-0.05, 0) is 41.9 Å². The molecular formula is C20H11N3O5S2. The smallest absolute Gasteiger partial charge is 0.339 e. The molecule has 0 saturated heterocycles. The van der Waals surface area contributed by atoms with Gasteiger partial charge in [0.15, 0.2) is 11.3 Å². The van der Waals surface area contributed by atoms with Crippen LogP contribution < -0.4 is 4.90 Å². The molecule has 0 aliphatic heterocycles. The molecule has 0 bridgehead atoms.